The van der Waals surface area contributed by atoms with Crippen LogP contribution in [-0.2, 0) is 0 Å². The van der Waals surface area contributed by atoms with Crippen molar-refractivity contribution in [3.8, 4) is 6.07 Å². The molecule has 1 N–H and O–H groups in total. The Bertz CT molecular complexity index is 540. The summed E-state index contributed by atoms with van der Waals surface area (Å²) in [4.78, 5) is 0. The van der Waals surface area contributed by atoms with Gasteiger partial charge in [0.25, 0.3) is 0 Å². The van der Waals surface area contributed by atoms with Crippen molar-refractivity contribution in [3.05, 3.63) is 34.1 Å². The van der Waals surface area contributed by atoms with Crippen molar-refractivity contribution in [3.63, 3.8) is 0 Å². The van der Waals surface area contributed by atoms with E-state index in [0.29, 0.717) is 22.9 Å². The van der Waals surface area contributed by atoms with E-state index < -0.39 is 17.3 Å². The van der Waals surface area contributed by atoms with Gasteiger partial charge in [0.2, 0.25) is 0 Å². The average Bonchev–Trinajstić information content (AvgIpc) is 2.42. The van der Waals surface area contributed by atoms with E-state index in [2.05, 4.69) is 35.8 Å². The quantitative estimate of drug-likeness (QED) is 0.846. The third-order valence-corrected chi connectivity index (χ3v) is 5.14. The van der Waals surface area contributed by atoms with Crippen LogP contribution in [0.4, 0.5) is 4.39 Å². The highest BCUT2D eigenvalue weighted by Crippen LogP contribution is 2.51. The number of halogens is 2. The van der Waals surface area contributed by atoms with Gasteiger partial charge in [0.1, 0.15) is 5.82 Å². The number of benzene rings is 1. The molecule has 1 fully saturated rings. The summed E-state index contributed by atoms with van der Waals surface area (Å²) in [5, 5.41) is 20.1. The number of nitriles is 1. The van der Waals surface area contributed by atoms with Crippen LogP contribution in [0.1, 0.15) is 51.2 Å². The highest BCUT2D eigenvalue weighted by atomic mass is 79.9. The molecule has 1 aliphatic carbocycles. The lowest BCUT2D eigenvalue weighted by Gasteiger charge is -2.42. The van der Waals surface area contributed by atoms with Gasteiger partial charge in [-0.15, -0.1) is 0 Å². The van der Waals surface area contributed by atoms with E-state index in [0.717, 1.165) is 12.8 Å². The fourth-order valence-electron chi connectivity index (χ4n) is 2.82. The van der Waals surface area contributed by atoms with E-state index in [1.54, 1.807) is 12.1 Å². The minimum absolute atomic E-state index is 0.213. The van der Waals surface area contributed by atoms with Gasteiger partial charge < -0.3 is 5.11 Å². The lowest BCUT2D eigenvalue weighted by molar-refractivity contribution is 0.00938. The summed E-state index contributed by atoms with van der Waals surface area (Å²) < 4.78 is 14.0. The average molecular weight is 340 g/mol. The zero-order valence-corrected chi connectivity index (χ0v) is 13.4. The lowest BCUT2D eigenvalue weighted by atomic mass is 9.62. The fourth-order valence-corrected chi connectivity index (χ4v) is 3.07. The number of hydrogen-bond donors (Lipinski definition) is 1. The van der Waals surface area contributed by atoms with Crippen molar-refractivity contribution in [1.29, 1.82) is 5.26 Å². The van der Waals surface area contributed by atoms with E-state index in [1.807, 2.05) is 0 Å². The maximum absolute atomic E-state index is 13.6. The van der Waals surface area contributed by atoms with E-state index in [4.69, 9.17) is 0 Å². The minimum atomic E-state index is -0.939. The molecule has 0 aliphatic heterocycles. The molecule has 1 aromatic rings. The third kappa shape index (κ3) is 2.89. The Labute approximate surface area is 127 Å². The van der Waals surface area contributed by atoms with E-state index >= 15 is 0 Å². The summed E-state index contributed by atoms with van der Waals surface area (Å²) >= 11 is 3.10. The maximum Gasteiger partial charge on any atom is 0.137 e. The minimum Gasteiger partial charge on any atom is -0.387 e. The summed E-state index contributed by atoms with van der Waals surface area (Å²) in [5.41, 5.74) is -0.104. The molecule has 1 aromatic carbocycles. The van der Waals surface area contributed by atoms with Gasteiger partial charge in [-0.05, 0) is 64.7 Å². The second-order valence-electron chi connectivity index (χ2n) is 6.51. The molecule has 1 aliphatic rings. The van der Waals surface area contributed by atoms with Crippen molar-refractivity contribution in [2.45, 2.75) is 45.6 Å². The molecule has 1 atom stereocenters. The smallest absolute Gasteiger partial charge is 0.137 e. The Kier molecular flexibility index (Phi) is 4.22. The molecule has 0 saturated heterocycles. The Morgan fingerprint density at radius 2 is 1.90 bits per heavy atom. The summed E-state index contributed by atoms with van der Waals surface area (Å²) in [6.07, 6.45) is 2.16. The Hall–Kier alpha value is -0.920. The van der Waals surface area contributed by atoms with Crippen LogP contribution in [0.5, 0.6) is 0 Å². The van der Waals surface area contributed by atoms with E-state index in [1.165, 1.54) is 6.07 Å². The number of rotatable bonds is 2. The van der Waals surface area contributed by atoms with Crippen LogP contribution in [0, 0.1) is 28.0 Å². The number of nitrogens with zero attached hydrogens (tertiary/aromatic N) is 1. The topological polar surface area (TPSA) is 44.0 Å². The van der Waals surface area contributed by atoms with E-state index in [-0.39, 0.29) is 5.41 Å². The van der Waals surface area contributed by atoms with Crippen LogP contribution >= 0.6 is 15.9 Å². The molecule has 1 saturated carbocycles. The first-order valence-corrected chi connectivity index (χ1v) is 7.63. The number of aliphatic hydroxyl groups excluding tert-OH is 1. The SMILES string of the molecule is CC1(C)CCC(C#N)(C(O)c2ccc(Br)c(F)c2)CC1. The molecule has 2 nitrogen and oxygen atoms in total. The van der Waals surface area contributed by atoms with Gasteiger partial charge in [-0.1, -0.05) is 19.9 Å². The third-order valence-electron chi connectivity index (χ3n) is 4.50. The van der Waals surface area contributed by atoms with Crippen LogP contribution in [0.15, 0.2) is 22.7 Å². The molecular formula is C16H19BrFNO. The predicted molar refractivity (Wildman–Crippen MR) is 79.4 cm³/mol. The molecule has 20 heavy (non-hydrogen) atoms. The van der Waals surface area contributed by atoms with E-state index in [9.17, 15) is 14.8 Å². The van der Waals surface area contributed by atoms with Crippen molar-refractivity contribution in [1.82, 2.24) is 0 Å². The standard InChI is InChI=1S/C16H19BrFNO/c1-15(2)5-7-16(10-19,8-6-15)14(20)11-3-4-12(17)13(18)9-11/h3-4,9,14,20H,5-8H2,1-2H3. The zero-order valence-electron chi connectivity index (χ0n) is 11.8. The summed E-state index contributed by atoms with van der Waals surface area (Å²) in [6, 6.07) is 6.87. The highest BCUT2D eigenvalue weighted by molar-refractivity contribution is 9.10. The number of hydrogen-bond acceptors (Lipinski definition) is 2. The number of aliphatic hydroxyl groups is 1. The van der Waals surface area contributed by atoms with Gasteiger partial charge in [-0.3, -0.25) is 0 Å². The Morgan fingerprint density at radius 3 is 2.40 bits per heavy atom. The largest absolute Gasteiger partial charge is 0.387 e. The normalized spacial score (nSPS) is 22.0. The van der Waals surface area contributed by atoms with Crippen LogP contribution in [0.3, 0.4) is 0 Å². The summed E-state index contributed by atoms with van der Waals surface area (Å²) in [7, 11) is 0. The molecule has 0 bridgehead atoms. The van der Waals surface area contributed by atoms with Crippen LogP contribution in [0.2, 0.25) is 0 Å². The molecular weight excluding hydrogens is 321 g/mol. The van der Waals surface area contributed by atoms with Gasteiger partial charge in [0, 0.05) is 0 Å². The van der Waals surface area contributed by atoms with Crippen LogP contribution in [-0.4, -0.2) is 5.11 Å². The molecule has 1 unspecified atom stereocenters. The van der Waals surface area contributed by atoms with Crippen molar-refractivity contribution in [2.24, 2.45) is 10.8 Å². The highest BCUT2D eigenvalue weighted by Gasteiger charge is 2.44. The molecule has 108 valence electrons. The van der Waals surface area contributed by atoms with Crippen LogP contribution in [0.25, 0.3) is 0 Å². The molecule has 0 radical (unpaired) electrons. The second kappa shape index (κ2) is 5.46. The first-order valence-electron chi connectivity index (χ1n) is 6.84. The van der Waals surface area contributed by atoms with Gasteiger partial charge >= 0.3 is 0 Å². The van der Waals surface area contributed by atoms with Crippen molar-refractivity contribution < 1.29 is 9.50 Å². The molecule has 4 heteroatoms. The van der Waals surface area contributed by atoms with Crippen molar-refractivity contribution >= 4 is 15.9 Å². The van der Waals surface area contributed by atoms with Crippen molar-refractivity contribution in [2.75, 3.05) is 0 Å². The summed E-state index contributed by atoms with van der Waals surface area (Å²) in [6.45, 7) is 4.36. The first-order chi connectivity index (χ1) is 9.30. The molecule has 0 aromatic heterocycles. The van der Waals surface area contributed by atoms with Gasteiger partial charge in [0.05, 0.1) is 22.1 Å². The molecule has 0 amide bonds. The fraction of sp³-hybridized carbons (Fsp3) is 0.562. The molecule has 0 heterocycles. The lowest BCUT2D eigenvalue weighted by Crippen LogP contribution is -2.35. The van der Waals surface area contributed by atoms with Gasteiger partial charge in [0.15, 0.2) is 0 Å². The molecule has 2 rings (SSSR count). The summed E-state index contributed by atoms with van der Waals surface area (Å²) in [5.74, 6) is -0.411. The Balaban J connectivity index is 2.28. The van der Waals surface area contributed by atoms with Gasteiger partial charge in [-0.25, -0.2) is 4.39 Å². The first kappa shape index (κ1) is 15.5. The predicted octanol–water partition coefficient (Wildman–Crippen LogP) is 4.73. The zero-order chi connectivity index (χ0) is 15.0. The molecule has 0 spiro atoms. The maximum atomic E-state index is 13.6. The van der Waals surface area contributed by atoms with Gasteiger partial charge in [-0.2, -0.15) is 5.26 Å². The Morgan fingerprint density at radius 1 is 1.30 bits per heavy atom. The monoisotopic (exact) mass is 339 g/mol. The second-order valence-corrected chi connectivity index (χ2v) is 7.36. The van der Waals surface area contributed by atoms with Crippen LogP contribution < -0.4 is 0 Å².